The van der Waals surface area contributed by atoms with Crippen molar-refractivity contribution in [3.8, 4) is 0 Å². The van der Waals surface area contributed by atoms with Crippen LogP contribution in [0.5, 0.6) is 0 Å². The number of methoxy groups -OCH3 is 1. The van der Waals surface area contributed by atoms with Gasteiger partial charge in [-0.2, -0.15) is 0 Å². The third-order valence-electron chi connectivity index (χ3n) is 4.83. The van der Waals surface area contributed by atoms with Crippen LogP contribution in [-0.4, -0.2) is 71.9 Å². The normalized spacial score (nSPS) is 15.9. The molecule has 1 fully saturated rings. The first-order chi connectivity index (χ1) is 15.4. The molecule has 0 N–H and O–H groups in total. The van der Waals surface area contributed by atoms with E-state index in [4.69, 9.17) is 32.7 Å². The molecule has 1 aliphatic rings. The number of hydrogen-bond donors (Lipinski definition) is 0. The number of carbonyl (C=O) groups is 4. The van der Waals surface area contributed by atoms with Crippen molar-refractivity contribution in [2.24, 2.45) is 0 Å². The number of carbonyl (C=O) groups excluding carboxylic acids is 4. The predicted molar refractivity (Wildman–Crippen MR) is 125 cm³/mol. The van der Waals surface area contributed by atoms with Crippen molar-refractivity contribution >= 4 is 53.0 Å². The minimum absolute atomic E-state index is 0.00810. The molecular weight excluding hydrogens is 471 g/mol. The van der Waals surface area contributed by atoms with Gasteiger partial charge in [-0.1, -0.05) is 29.3 Å². The van der Waals surface area contributed by atoms with Gasteiger partial charge in [-0.15, -0.1) is 0 Å². The smallest absolute Gasteiger partial charge is 0.329 e. The molecule has 0 bridgehead atoms. The SMILES string of the molecule is COC(=O)C(CC(=O)OC(C)(C)C)N1CCN(C(=O)/C=C/c2ccc(Cl)c(Cl)c2)CCC1=O. The Balaban J connectivity index is 2.09. The second-order valence-corrected chi connectivity index (χ2v) is 9.31. The molecule has 2 rings (SSSR count). The average Bonchev–Trinajstić information content (AvgIpc) is 2.92. The first-order valence-electron chi connectivity index (χ1n) is 10.4. The summed E-state index contributed by atoms with van der Waals surface area (Å²) < 4.78 is 10.1. The van der Waals surface area contributed by atoms with Gasteiger partial charge in [0.2, 0.25) is 11.8 Å². The van der Waals surface area contributed by atoms with Crippen LogP contribution in [0.1, 0.15) is 39.2 Å². The Kier molecular flexibility index (Phi) is 9.31. The molecule has 1 aliphatic heterocycles. The third kappa shape index (κ3) is 8.05. The van der Waals surface area contributed by atoms with Crippen LogP contribution in [0.25, 0.3) is 6.08 Å². The van der Waals surface area contributed by atoms with Crippen molar-refractivity contribution in [1.82, 2.24) is 9.80 Å². The summed E-state index contributed by atoms with van der Waals surface area (Å²) in [7, 11) is 1.19. The maximum Gasteiger partial charge on any atom is 0.329 e. The lowest BCUT2D eigenvalue weighted by Gasteiger charge is -2.29. The van der Waals surface area contributed by atoms with E-state index < -0.39 is 23.6 Å². The summed E-state index contributed by atoms with van der Waals surface area (Å²) >= 11 is 11.9. The number of nitrogens with zero attached hydrogens (tertiary/aromatic N) is 2. The van der Waals surface area contributed by atoms with Crippen LogP contribution in [0.15, 0.2) is 24.3 Å². The summed E-state index contributed by atoms with van der Waals surface area (Å²) in [6, 6.07) is 3.87. The number of rotatable bonds is 6. The number of hydrogen-bond acceptors (Lipinski definition) is 6. The quantitative estimate of drug-likeness (QED) is 0.441. The summed E-state index contributed by atoms with van der Waals surface area (Å²) in [4.78, 5) is 52.9. The molecule has 1 unspecified atom stereocenters. The highest BCUT2D eigenvalue weighted by Crippen LogP contribution is 2.23. The van der Waals surface area contributed by atoms with E-state index in [1.807, 2.05) is 0 Å². The number of halogens is 2. The largest absolute Gasteiger partial charge is 0.467 e. The number of esters is 2. The molecule has 180 valence electrons. The van der Waals surface area contributed by atoms with E-state index in [9.17, 15) is 19.2 Å². The molecular formula is C23H28Cl2N2O6. The second kappa shape index (κ2) is 11.5. The molecule has 0 aliphatic carbocycles. The molecule has 10 heteroatoms. The molecule has 1 heterocycles. The van der Waals surface area contributed by atoms with E-state index in [-0.39, 0.29) is 44.3 Å². The maximum absolute atomic E-state index is 12.7. The van der Waals surface area contributed by atoms with Crippen molar-refractivity contribution in [2.75, 3.05) is 26.7 Å². The fourth-order valence-corrected chi connectivity index (χ4v) is 3.58. The van der Waals surface area contributed by atoms with Gasteiger partial charge < -0.3 is 19.3 Å². The van der Waals surface area contributed by atoms with Crippen molar-refractivity contribution in [3.05, 3.63) is 39.9 Å². The Morgan fingerprint density at radius 2 is 1.82 bits per heavy atom. The molecule has 0 spiro atoms. The number of amides is 2. The van der Waals surface area contributed by atoms with Gasteiger partial charge in [-0.25, -0.2) is 4.79 Å². The van der Waals surface area contributed by atoms with Gasteiger partial charge in [-0.3, -0.25) is 14.4 Å². The standard InChI is InChI=1S/C23H28Cl2N2O6/c1-23(2,3)33-21(30)14-18(22(31)32-4)27-12-11-26(10-9-20(27)29)19(28)8-6-15-5-7-16(24)17(25)13-15/h5-8,13,18H,9-12,14H2,1-4H3/b8-6+. The summed E-state index contributed by atoms with van der Waals surface area (Å²) in [5.41, 5.74) is -0.0295. The van der Waals surface area contributed by atoms with Gasteiger partial charge in [0.1, 0.15) is 11.6 Å². The summed E-state index contributed by atoms with van der Waals surface area (Å²) in [5, 5.41) is 0.791. The topological polar surface area (TPSA) is 93.2 Å². The lowest BCUT2D eigenvalue weighted by atomic mass is 10.1. The van der Waals surface area contributed by atoms with Crippen molar-refractivity contribution in [1.29, 1.82) is 0 Å². The summed E-state index contributed by atoms with van der Waals surface area (Å²) in [5.74, 6) is -1.98. The van der Waals surface area contributed by atoms with Gasteiger partial charge in [0.15, 0.2) is 0 Å². The van der Waals surface area contributed by atoms with Crippen LogP contribution in [0, 0.1) is 0 Å². The van der Waals surface area contributed by atoms with E-state index >= 15 is 0 Å². The molecule has 2 amide bonds. The maximum atomic E-state index is 12.7. The van der Waals surface area contributed by atoms with E-state index in [2.05, 4.69) is 0 Å². The number of ether oxygens (including phenoxy) is 2. The molecule has 0 aromatic heterocycles. The fourth-order valence-electron chi connectivity index (χ4n) is 3.28. The average molecular weight is 499 g/mol. The minimum Gasteiger partial charge on any atom is -0.467 e. The van der Waals surface area contributed by atoms with Crippen LogP contribution in [-0.2, 0) is 28.7 Å². The van der Waals surface area contributed by atoms with E-state index in [1.54, 1.807) is 45.0 Å². The highest BCUT2D eigenvalue weighted by atomic mass is 35.5. The van der Waals surface area contributed by atoms with Crippen molar-refractivity contribution in [2.45, 2.75) is 45.3 Å². The van der Waals surface area contributed by atoms with E-state index in [0.29, 0.717) is 15.6 Å². The van der Waals surface area contributed by atoms with Crippen molar-refractivity contribution < 1.29 is 28.7 Å². The second-order valence-electron chi connectivity index (χ2n) is 8.50. The molecule has 8 nitrogen and oxygen atoms in total. The molecule has 1 aromatic carbocycles. The highest BCUT2D eigenvalue weighted by Gasteiger charge is 2.36. The Labute approximate surface area is 203 Å². The monoisotopic (exact) mass is 498 g/mol. The Morgan fingerprint density at radius 1 is 1.12 bits per heavy atom. The lowest BCUT2D eigenvalue weighted by Crippen LogP contribution is -2.48. The van der Waals surface area contributed by atoms with Crippen LogP contribution in [0.3, 0.4) is 0 Å². The zero-order valence-corrected chi connectivity index (χ0v) is 20.6. The molecule has 1 aromatic rings. The van der Waals surface area contributed by atoms with E-state index in [1.165, 1.54) is 23.0 Å². The van der Waals surface area contributed by atoms with Gasteiger partial charge in [0.25, 0.3) is 0 Å². The predicted octanol–water partition coefficient (Wildman–Crippen LogP) is 3.34. The van der Waals surface area contributed by atoms with Crippen molar-refractivity contribution in [3.63, 3.8) is 0 Å². The van der Waals surface area contributed by atoms with Gasteiger partial charge in [0.05, 0.1) is 23.6 Å². The third-order valence-corrected chi connectivity index (χ3v) is 5.57. The first kappa shape index (κ1) is 26.7. The number of benzene rings is 1. The zero-order valence-electron chi connectivity index (χ0n) is 19.1. The summed E-state index contributed by atoms with van der Waals surface area (Å²) in [6.07, 6.45) is 2.67. The van der Waals surface area contributed by atoms with E-state index in [0.717, 1.165) is 0 Å². The molecule has 0 radical (unpaired) electrons. The lowest BCUT2D eigenvalue weighted by molar-refractivity contribution is -0.163. The van der Waals surface area contributed by atoms with Gasteiger partial charge in [-0.05, 0) is 44.5 Å². The zero-order chi connectivity index (χ0) is 24.8. The van der Waals surface area contributed by atoms with Crippen LogP contribution in [0.2, 0.25) is 10.0 Å². The molecule has 1 atom stereocenters. The van der Waals surface area contributed by atoms with Crippen LogP contribution < -0.4 is 0 Å². The molecule has 33 heavy (non-hydrogen) atoms. The highest BCUT2D eigenvalue weighted by molar-refractivity contribution is 6.42. The molecule has 1 saturated heterocycles. The van der Waals surface area contributed by atoms with Crippen LogP contribution in [0.4, 0.5) is 0 Å². The Bertz CT molecular complexity index is 941. The van der Waals surface area contributed by atoms with Crippen LogP contribution >= 0.6 is 23.2 Å². The molecule has 0 saturated carbocycles. The fraction of sp³-hybridized carbons (Fsp3) is 0.478. The minimum atomic E-state index is -1.13. The van der Waals surface area contributed by atoms with Gasteiger partial charge >= 0.3 is 11.9 Å². The van der Waals surface area contributed by atoms with Gasteiger partial charge in [0, 0.05) is 32.1 Å². The Hall–Kier alpha value is -2.58. The first-order valence-corrected chi connectivity index (χ1v) is 11.2. The summed E-state index contributed by atoms with van der Waals surface area (Å²) in [6.45, 7) is 5.59. The Morgan fingerprint density at radius 3 is 2.42 bits per heavy atom.